The van der Waals surface area contributed by atoms with E-state index in [0.29, 0.717) is 6.54 Å². The molecule has 166 valence electrons. The van der Waals surface area contributed by atoms with Crippen LogP contribution < -0.4 is 10.6 Å². The van der Waals surface area contributed by atoms with Gasteiger partial charge in [0.1, 0.15) is 5.82 Å². The molecule has 1 unspecified atom stereocenters. The van der Waals surface area contributed by atoms with Crippen molar-refractivity contribution in [2.24, 2.45) is 4.99 Å². The molecule has 1 aromatic carbocycles. The molecule has 30 heavy (non-hydrogen) atoms. The maximum Gasteiger partial charge on any atom is 0.191 e. The molecule has 3 rings (SSSR count). The van der Waals surface area contributed by atoms with Crippen LogP contribution >= 0.6 is 35.3 Å². The second kappa shape index (κ2) is 13.2. The highest BCUT2D eigenvalue weighted by Gasteiger charge is 2.23. The third-order valence-corrected chi connectivity index (χ3v) is 6.21. The fourth-order valence-electron chi connectivity index (χ4n) is 3.36. The van der Waals surface area contributed by atoms with Gasteiger partial charge in [0.15, 0.2) is 5.96 Å². The Balaban J connectivity index is 0.00000320. The number of hydrogen-bond acceptors (Lipinski definition) is 5. The van der Waals surface area contributed by atoms with Gasteiger partial charge in [-0.3, -0.25) is 9.89 Å². The monoisotopic (exact) mass is 547 g/mol. The molecule has 1 saturated heterocycles. The highest BCUT2D eigenvalue weighted by Crippen LogP contribution is 2.21. The molecule has 9 heteroatoms. The summed E-state index contributed by atoms with van der Waals surface area (Å²) in [5.41, 5.74) is 1.09. The van der Waals surface area contributed by atoms with E-state index in [9.17, 15) is 4.39 Å². The molecule has 1 atom stereocenters. The van der Waals surface area contributed by atoms with Crippen molar-refractivity contribution in [1.82, 2.24) is 20.5 Å². The van der Waals surface area contributed by atoms with Gasteiger partial charge in [0.25, 0.3) is 0 Å². The SMILES string of the molecule is CCc1cnc(CCNC(=NC)NCC(c2ccc(F)cc2)N2CCOCC2)s1.I. The highest BCUT2D eigenvalue weighted by atomic mass is 127. The van der Waals surface area contributed by atoms with Crippen LogP contribution in [-0.4, -0.2) is 62.3 Å². The van der Waals surface area contributed by atoms with Crippen molar-refractivity contribution in [3.05, 3.63) is 51.7 Å². The maximum atomic E-state index is 13.4. The molecule has 0 spiro atoms. The molecule has 1 fully saturated rings. The summed E-state index contributed by atoms with van der Waals surface area (Å²) in [5, 5.41) is 7.94. The lowest BCUT2D eigenvalue weighted by molar-refractivity contribution is 0.0170. The van der Waals surface area contributed by atoms with Gasteiger partial charge in [0.05, 0.1) is 24.3 Å². The summed E-state index contributed by atoms with van der Waals surface area (Å²) in [7, 11) is 1.77. The third kappa shape index (κ3) is 7.44. The van der Waals surface area contributed by atoms with E-state index in [1.807, 2.05) is 18.3 Å². The predicted molar refractivity (Wildman–Crippen MR) is 132 cm³/mol. The average Bonchev–Trinajstić information content (AvgIpc) is 3.22. The fraction of sp³-hybridized carbons (Fsp3) is 0.524. The van der Waals surface area contributed by atoms with Gasteiger partial charge >= 0.3 is 0 Å². The molecule has 2 N–H and O–H groups in total. The molecule has 0 bridgehead atoms. The standard InChI is InChI=1S/C21H30FN5OS.HI/c1-3-18-14-25-20(29-18)8-9-24-21(23-2)26-15-19(27-10-12-28-13-11-27)16-4-6-17(22)7-5-16;/h4-7,14,19H,3,8-13,15H2,1-2H3,(H2,23,24,26);1H. The molecule has 2 heterocycles. The minimum absolute atomic E-state index is 0. The smallest absolute Gasteiger partial charge is 0.191 e. The van der Waals surface area contributed by atoms with Gasteiger partial charge in [-0.05, 0) is 24.1 Å². The van der Waals surface area contributed by atoms with Crippen LogP contribution in [0.2, 0.25) is 0 Å². The third-order valence-electron chi connectivity index (χ3n) is 5.01. The number of aryl methyl sites for hydroxylation is 1. The van der Waals surface area contributed by atoms with Crippen LogP contribution in [0.25, 0.3) is 0 Å². The second-order valence-corrected chi connectivity index (χ2v) is 8.12. The van der Waals surface area contributed by atoms with Crippen LogP contribution in [0.15, 0.2) is 35.5 Å². The molecule has 0 saturated carbocycles. The summed E-state index contributed by atoms with van der Waals surface area (Å²) in [6.07, 6.45) is 3.86. The van der Waals surface area contributed by atoms with Gasteiger partial charge < -0.3 is 15.4 Å². The quantitative estimate of drug-likeness (QED) is 0.302. The zero-order valence-corrected chi connectivity index (χ0v) is 20.7. The molecule has 1 aromatic heterocycles. The number of aromatic nitrogens is 1. The molecular weight excluding hydrogens is 516 g/mol. The molecule has 2 aromatic rings. The molecule has 6 nitrogen and oxygen atoms in total. The van der Waals surface area contributed by atoms with Gasteiger partial charge in [-0.1, -0.05) is 19.1 Å². The molecule has 1 aliphatic heterocycles. The Morgan fingerprint density at radius 2 is 2.00 bits per heavy atom. The van der Waals surface area contributed by atoms with Crippen LogP contribution in [0.5, 0.6) is 0 Å². The largest absolute Gasteiger partial charge is 0.379 e. The van der Waals surface area contributed by atoms with E-state index in [2.05, 4.69) is 32.4 Å². The van der Waals surface area contributed by atoms with Crippen molar-refractivity contribution in [2.75, 3.05) is 46.4 Å². The van der Waals surface area contributed by atoms with Crippen molar-refractivity contribution < 1.29 is 9.13 Å². The van der Waals surface area contributed by atoms with Gasteiger partial charge in [-0.2, -0.15) is 0 Å². The number of halogens is 2. The topological polar surface area (TPSA) is 61.8 Å². The Hall–Kier alpha value is -1.30. The Morgan fingerprint density at radius 1 is 1.27 bits per heavy atom. The number of guanidine groups is 1. The van der Waals surface area contributed by atoms with Crippen LogP contribution in [0.4, 0.5) is 4.39 Å². The highest BCUT2D eigenvalue weighted by molar-refractivity contribution is 14.0. The molecule has 0 amide bonds. The van der Waals surface area contributed by atoms with E-state index in [1.165, 1.54) is 17.0 Å². The predicted octanol–water partition coefficient (Wildman–Crippen LogP) is 3.24. The first-order valence-corrected chi connectivity index (χ1v) is 11.0. The van der Waals surface area contributed by atoms with Crippen LogP contribution in [0.1, 0.15) is 28.4 Å². The lowest BCUT2D eigenvalue weighted by Gasteiger charge is -2.35. The zero-order chi connectivity index (χ0) is 20.5. The van der Waals surface area contributed by atoms with Crippen molar-refractivity contribution >= 4 is 41.3 Å². The van der Waals surface area contributed by atoms with E-state index in [1.54, 1.807) is 18.4 Å². The number of hydrogen-bond donors (Lipinski definition) is 2. The minimum atomic E-state index is -0.215. The summed E-state index contributed by atoms with van der Waals surface area (Å²) in [6, 6.07) is 6.90. The van der Waals surface area contributed by atoms with Crippen LogP contribution in [0, 0.1) is 5.82 Å². The molecule has 0 aliphatic carbocycles. The molecule has 0 radical (unpaired) electrons. The summed E-state index contributed by atoms with van der Waals surface area (Å²) >= 11 is 1.77. The number of aliphatic imine (C=N–C) groups is 1. The number of rotatable bonds is 8. The van der Waals surface area contributed by atoms with Crippen LogP contribution in [0.3, 0.4) is 0 Å². The van der Waals surface area contributed by atoms with Gasteiger partial charge in [-0.15, -0.1) is 35.3 Å². The first-order chi connectivity index (χ1) is 14.2. The van der Waals surface area contributed by atoms with E-state index >= 15 is 0 Å². The molecular formula is C21H31FIN5OS. The van der Waals surface area contributed by atoms with Crippen molar-refractivity contribution in [3.63, 3.8) is 0 Å². The number of thiazole rings is 1. The number of nitrogens with one attached hydrogen (secondary N) is 2. The maximum absolute atomic E-state index is 13.4. The lowest BCUT2D eigenvalue weighted by atomic mass is 10.0. The first-order valence-electron chi connectivity index (χ1n) is 10.1. The fourth-order valence-corrected chi connectivity index (χ4v) is 4.22. The van der Waals surface area contributed by atoms with E-state index in [4.69, 9.17) is 4.74 Å². The number of nitrogens with zero attached hydrogens (tertiary/aromatic N) is 3. The Morgan fingerprint density at radius 3 is 2.63 bits per heavy atom. The van der Waals surface area contributed by atoms with Gasteiger partial charge in [0.2, 0.25) is 0 Å². The zero-order valence-electron chi connectivity index (χ0n) is 17.6. The number of benzene rings is 1. The Bertz CT molecular complexity index is 780. The summed E-state index contributed by atoms with van der Waals surface area (Å²) < 4.78 is 18.9. The van der Waals surface area contributed by atoms with Crippen LogP contribution in [-0.2, 0) is 17.6 Å². The number of ether oxygens (including phenoxy) is 1. The second-order valence-electron chi connectivity index (χ2n) is 6.92. The van der Waals surface area contributed by atoms with Gasteiger partial charge in [0, 0.05) is 50.7 Å². The van der Waals surface area contributed by atoms with Crippen molar-refractivity contribution in [1.29, 1.82) is 0 Å². The molecule has 1 aliphatic rings. The van der Waals surface area contributed by atoms with Crippen molar-refractivity contribution in [3.8, 4) is 0 Å². The lowest BCUT2D eigenvalue weighted by Crippen LogP contribution is -2.46. The normalized spacial score (nSPS) is 16.0. The van der Waals surface area contributed by atoms with E-state index in [-0.39, 0.29) is 35.8 Å². The number of morpholine rings is 1. The van der Waals surface area contributed by atoms with Crippen molar-refractivity contribution in [2.45, 2.75) is 25.8 Å². The summed E-state index contributed by atoms with van der Waals surface area (Å²) in [5.74, 6) is 0.547. The van der Waals surface area contributed by atoms with Gasteiger partial charge in [-0.25, -0.2) is 9.37 Å². The average molecular weight is 547 g/mol. The minimum Gasteiger partial charge on any atom is -0.379 e. The Kier molecular flexibility index (Phi) is 11.0. The Labute approximate surface area is 199 Å². The summed E-state index contributed by atoms with van der Waals surface area (Å²) in [6.45, 7) is 6.76. The summed E-state index contributed by atoms with van der Waals surface area (Å²) in [4.78, 5) is 12.5. The van der Waals surface area contributed by atoms with E-state index in [0.717, 1.165) is 62.2 Å². The van der Waals surface area contributed by atoms with E-state index < -0.39 is 0 Å². The first kappa shape index (κ1) is 25.0.